The molecule has 6 heteroatoms. The molecule has 150 valence electrons. The summed E-state index contributed by atoms with van der Waals surface area (Å²) in [6.45, 7) is 0.926. The summed E-state index contributed by atoms with van der Waals surface area (Å²) >= 11 is 0. The Morgan fingerprint density at radius 3 is 2.34 bits per heavy atom. The van der Waals surface area contributed by atoms with Gasteiger partial charge in [0.05, 0.1) is 11.6 Å². The normalized spacial score (nSPS) is 17.0. The van der Waals surface area contributed by atoms with Gasteiger partial charge in [0.25, 0.3) is 5.91 Å². The Balaban J connectivity index is 1.97. The number of nitrogens with zero attached hydrogens (tertiary/aromatic N) is 2. The van der Waals surface area contributed by atoms with Gasteiger partial charge < -0.3 is 20.0 Å². The molecule has 0 saturated heterocycles. The van der Waals surface area contributed by atoms with E-state index in [-0.39, 0.29) is 11.3 Å². The number of amides is 1. The SMILES string of the molecule is CN(C)CCN1C(=O)C(O)=C(C(=O)C=Cc2ccccc2)C1c1ccc(O)cc1. The molecule has 6 nitrogen and oxygen atoms in total. The molecule has 1 atom stereocenters. The summed E-state index contributed by atoms with van der Waals surface area (Å²) in [5.74, 6) is -1.43. The molecule has 2 aromatic carbocycles. The highest BCUT2D eigenvalue weighted by Crippen LogP contribution is 2.38. The molecular weight excluding hydrogens is 368 g/mol. The van der Waals surface area contributed by atoms with Crippen molar-refractivity contribution in [2.75, 3.05) is 27.2 Å². The number of carbonyl (C=O) groups is 2. The van der Waals surface area contributed by atoms with Crippen LogP contribution in [0.5, 0.6) is 5.75 Å². The summed E-state index contributed by atoms with van der Waals surface area (Å²) in [4.78, 5) is 29.1. The Bertz CT molecular complexity index is 947. The van der Waals surface area contributed by atoms with Crippen molar-refractivity contribution >= 4 is 17.8 Å². The highest BCUT2D eigenvalue weighted by molar-refractivity contribution is 6.14. The van der Waals surface area contributed by atoms with Crippen LogP contribution in [0.4, 0.5) is 0 Å². The van der Waals surface area contributed by atoms with Gasteiger partial charge in [0.15, 0.2) is 11.5 Å². The van der Waals surface area contributed by atoms with E-state index in [4.69, 9.17) is 0 Å². The van der Waals surface area contributed by atoms with Crippen LogP contribution < -0.4 is 0 Å². The maximum absolute atomic E-state index is 13.0. The van der Waals surface area contributed by atoms with E-state index in [1.165, 1.54) is 23.1 Å². The number of benzene rings is 2. The van der Waals surface area contributed by atoms with Gasteiger partial charge in [-0.3, -0.25) is 9.59 Å². The molecule has 0 spiro atoms. The molecule has 0 radical (unpaired) electrons. The second-order valence-corrected chi connectivity index (χ2v) is 7.17. The Hall–Kier alpha value is -3.38. The highest BCUT2D eigenvalue weighted by Gasteiger charge is 2.42. The molecule has 1 aliphatic heterocycles. The number of hydrogen-bond acceptors (Lipinski definition) is 5. The van der Waals surface area contributed by atoms with Gasteiger partial charge in [-0.2, -0.15) is 0 Å². The van der Waals surface area contributed by atoms with E-state index in [0.29, 0.717) is 18.7 Å². The van der Waals surface area contributed by atoms with E-state index in [2.05, 4.69) is 0 Å². The molecule has 0 aromatic heterocycles. The van der Waals surface area contributed by atoms with E-state index in [0.717, 1.165) is 5.56 Å². The summed E-state index contributed by atoms with van der Waals surface area (Å²) in [5.41, 5.74) is 1.54. The molecule has 3 rings (SSSR count). The minimum absolute atomic E-state index is 0.0478. The van der Waals surface area contributed by atoms with Crippen molar-refractivity contribution in [1.82, 2.24) is 9.80 Å². The third-order valence-electron chi connectivity index (χ3n) is 4.79. The molecule has 1 amide bonds. The number of ketones is 1. The topological polar surface area (TPSA) is 81.1 Å². The van der Waals surface area contributed by atoms with Gasteiger partial charge in [0.1, 0.15) is 5.75 Å². The highest BCUT2D eigenvalue weighted by atomic mass is 16.3. The van der Waals surface area contributed by atoms with Gasteiger partial charge in [-0.15, -0.1) is 0 Å². The first kappa shape index (κ1) is 20.4. The van der Waals surface area contributed by atoms with Crippen LogP contribution in [0.15, 0.2) is 72.0 Å². The maximum Gasteiger partial charge on any atom is 0.290 e. The smallest absolute Gasteiger partial charge is 0.290 e. The van der Waals surface area contributed by atoms with Crippen LogP contribution in [0.25, 0.3) is 6.08 Å². The van der Waals surface area contributed by atoms with E-state index in [1.807, 2.05) is 49.3 Å². The lowest BCUT2D eigenvalue weighted by atomic mass is 9.95. The van der Waals surface area contributed by atoms with Gasteiger partial charge in [-0.25, -0.2) is 0 Å². The van der Waals surface area contributed by atoms with Crippen molar-refractivity contribution < 1.29 is 19.8 Å². The van der Waals surface area contributed by atoms with Crippen molar-refractivity contribution in [1.29, 1.82) is 0 Å². The zero-order valence-corrected chi connectivity index (χ0v) is 16.4. The van der Waals surface area contributed by atoms with Crippen LogP contribution in [-0.2, 0) is 9.59 Å². The average molecular weight is 392 g/mol. The van der Waals surface area contributed by atoms with Crippen LogP contribution in [-0.4, -0.2) is 58.9 Å². The first-order chi connectivity index (χ1) is 13.9. The molecule has 1 heterocycles. The van der Waals surface area contributed by atoms with Gasteiger partial charge in [-0.1, -0.05) is 48.5 Å². The maximum atomic E-state index is 13.0. The lowest BCUT2D eigenvalue weighted by molar-refractivity contribution is -0.129. The number of aliphatic hydroxyl groups is 1. The second-order valence-electron chi connectivity index (χ2n) is 7.17. The van der Waals surface area contributed by atoms with Gasteiger partial charge in [0, 0.05) is 13.1 Å². The molecule has 1 aliphatic rings. The van der Waals surface area contributed by atoms with Crippen LogP contribution in [0.3, 0.4) is 0 Å². The first-order valence-electron chi connectivity index (χ1n) is 9.33. The molecule has 29 heavy (non-hydrogen) atoms. The quantitative estimate of drug-likeness (QED) is 0.708. The summed E-state index contributed by atoms with van der Waals surface area (Å²) < 4.78 is 0. The molecule has 2 N–H and O–H groups in total. The fourth-order valence-corrected chi connectivity index (χ4v) is 3.27. The summed E-state index contributed by atoms with van der Waals surface area (Å²) in [7, 11) is 3.77. The van der Waals surface area contributed by atoms with E-state index >= 15 is 0 Å². The third kappa shape index (κ3) is 4.55. The number of phenolic OH excluding ortho intramolecular Hbond substituents is 1. The Morgan fingerprint density at radius 1 is 1.07 bits per heavy atom. The molecule has 0 fully saturated rings. The molecule has 1 unspecified atom stereocenters. The lowest BCUT2D eigenvalue weighted by Gasteiger charge is -2.27. The van der Waals surface area contributed by atoms with E-state index < -0.39 is 23.5 Å². The zero-order valence-electron chi connectivity index (χ0n) is 16.4. The zero-order chi connectivity index (χ0) is 21.0. The summed E-state index contributed by atoms with van der Waals surface area (Å²) in [6.07, 6.45) is 3.03. The first-order valence-corrected chi connectivity index (χ1v) is 9.33. The van der Waals surface area contributed by atoms with Crippen LogP contribution >= 0.6 is 0 Å². The predicted molar refractivity (Wildman–Crippen MR) is 111 cm³/mol. The van der Waals surface area contributed by atoms with Crippen LogP contribution in [0.1, 0.15) is 17.2 Å². The third-order valence-corrected chi connectivity index (χ3v) is 4.79. The van der Waals surface area contributed by atoms with Gasteiger partial charge >= 0.3 is 0 Å². The fourth-order valence-electron chi connectivity index (χ4n) is 3.27. The van der Waals surface area contributed by atoms with Gasteiger partial charge in [-0.05, 0) is 43.4 Å². The van der Waals surface area contributed by atoms with Crippen molar-refractivity contribution in [2.45, 2.75) is 6.04 Å². The number of carbonyl (C=O) groups excluding carboxylic acids is 2. The van der Waals surface area contributed by atoms with E-state index in [1.54, 1.807) is 18.2 Å². The fraction of sp³-hybridized carbons (Fsp3) is 0.217. The van der Waals surface area contributed by atoms with Crippen LogP contribution in [0.2, 0.25) is 0 Å². The van der Waals surface area contributed by atoms with Crippen molar-refractivity contribution in [2.24, 2.45) is 0 Å². The summed E-state index contributed by atoms with van der Waals surface area (Å²) in [6, 6.07) is 14.9. The lowest BCUT2D eigenvalue weighted by Crippen LogP contribution is -2.36. The number of phenols is 1. The second kappa shape index (κ2) is 8.75. The minimum Gasteiger partial charge on any atom is -0.508 e. The number of aliphatic hydroxyl groups excluding tert-OH is 1. The number of likely N-dealkylation sites (N-methyl/N-ethyl adjacent to an activating group) is 1. The molecule has 0 bridgehead atoms. The molecular formula is C23H24N2O4. The molecule has 0 aliphatic carbocycles. The predicted octanol–water partition coefficient (Wildman–Crippen LogP) is 2.93. The Kier molecular flexibility index (Phi) is 6.14. The average Bonchev–Trinajstić information content (AvgIpc) is 2.96. The van der Waals surface area contributed by atoms with Crippen molar-refractivity contribution in [3.05, 3.63) is 83.1 Å². The molecule has 0 saturated carbocycles. The standard InChI is InChI=1S/C23H24N2O4/c1-24(2)14-15-25-21(17-9-11-18(26)12-10-17)20(22(28)23(25)29)19(27)13-8-16-6-4-3-5-7-16/h3-13,21,26,28H,14-15H2,1-2H3. The number of rotatable bonds is 7. The van der Waals surface area contributed by atoms with Gasteiger partial charge in [0.2, 0.25) is 0 Å². The largest absolute Gasteiger partial charge is 0.508 e. The van der Waals surface area contributed by atoms with E-state index in [9.17, 15) is 19.8 Å². The summed E-state index contributed by atoms with van der Waals surface area (Å²) in [5, 5.41) is 20.1. The molecule has 2 aromatic rings. The Morgan fingerprint density at radius 2 is 1.72 bits per heavy atom. The monoisotopic (exact) mass is 392 g/mol. The number of hydrogen-bond donors (Lipinski definition) is 2. The number of allylic oxidation sites excluding steroid dienone is 1. The van der Waals surface area contributed by atoms with Crippen molar-refractivity contribution in [3.63, 3.8) is 0 Å². The van der Waals surface area contributed by atoms with Crippen LogP contribution in [0, 0.1) is 0 Å². The minimum atomic E-state index is -0.712. The van der Waals surface area contributed by atoms with Crippen molar-refractivity contribution in [3.8, 4) is 5.75 Å². The number of aromatic hydroxyl groups is 1. The Labute approximate surface area is 170 Å².